The van der Waals surface area contributed by atoms with E-state index in [0.29, 0.717) is 11.6 Å². The van der Waals surface area contributed by atoms with E-state index in [1.165, 1.54) is 25.1 Å². The molecule has 1 N–H and O–H groups in total. The lowest BCUT2D eigenvalue weighted by Gasteiger charge is -2.39. The number of aromatic nitrogens is 2. The molecule has 1 atom stereocenters. The smallest absolute Gasteiger partial charge is 0.256 e. The fourth-order valence-corrected chi connectivity index (χ4v) is 6.25. The number of rotatable bonds is 4. The zero-order valence-electron chi connectivity index (χ0n) is 22.1. The summed E-state index contributed by atoms with van der Waals surface area (Å²) in [5, 5.41) is 6.16. The Hall–Kier alpha value is -4.29. The van der Waals surface area contributed by atoms with Crippen molar-refractivity contribution >= 4 is 39.0 Å². The van der Waals surface area contributed by atoms with Crippen LogP contribution in [0.1, 0.15) is 28.8 Å². The van der Waals surface area contributed by atoms with E-state index < -0.39 is 0 Å². The third kappa shape index (κ3) is 4.41. The fourth-order valence-electron chi connectivity index (χ4n) is 6.25. The van der Waals surface area contributed by atoms with Crippen molar-refractivity contribution in [3.8, 4) is 11.3 Å². The van der Waals surface area contributed by atoms with Crippen molar-refractivity contribution in [2.75, 3.05) is 36.4 Å². The van der Waals surface area contributed by atoms with Crippen LogP contribution in [0.4, 0.5) is 11.4 Å². The molecule has 2 aliphatic heterocycles. The lowest BCUT2D eigenvalue weighted by atomic mass is 9.97. The minimum absolute atomic E-state index is 0.126. The van der Waals surface area contributed by atoms with Crippen molar-refractivity contribution in [3.05, 3.63) is 96.3 Å². The number of anilines is 2. The van der Waals surface area contributed by atoms with Gasteiger partial charge in [0, 0.05) is 66.0 Å². The summed E-state index contributed by atoms with van der Waals surface area (Å²) in [5.74, 6) is -0.126. The Bertz CT molecular complexity index is 1700. The SMILES string of the molecule is Cc1ccc(-c2cccc3c(C(=O)Nc4ccc5nccc(N6CCN7CCCC7C6)c5c4)cccc23)nc1. The molecule has 0 aliphatic carbocycles. The Morgan fingerprint density at radius 1 is 0.897 bits per heavy atom. The Kier molecular flexibility index (Phi) is 5.97. The van der Waals surface area contributed by atoms with Crippen molar-refractivity contribution in [2.24, 2.45) is 0 Å². The quantitative estimate of drug-likeness (QED) is 0.306. The van der Waals surface area contributed by atoms with Crippen LogP contribution in [0.3, 0.4) is 0 Å². The summed E-state index contributed by atoms with van der Waals surface area (Å²) in [5.41, 5.74) is 6.60. The van der Waals surface area contributed by atoms with Crippen LogP contribution in [-0.2, 0) is 0 Å². The third-order valence-electron chi connectivity index (χ3n) is 8.26. The van der Waals surface area contributed by atoms with Gasteiger partial charge in [0.2, 0.25) is 0 Å². The Morgan fingerprint density at radius 3 is 2.69 bits per heavy atom. The van der Waals surface area contributed by atoms with Gasteiger partial charge in [0.05, 0.1) is 11.2 Å². The molecule has 0 bridgehead atoms. The summed E-state index contributed by atoms with van der Waals surface area (Å²) in [6.45, 7) is 6.42. The van der Waals surface area contributed by atoms with Crippen molar-refractivity contribution in [2.45, 2.75) is 25.8 Å². The molecule has 0 spiro atoms. The molecular formula is C33H31N5O. The molecule has 0 radical (unpaired) electrons. The van der Waals surface area contributed by atoms with Gasteiger partial charge in [0.15, 0.2) is 0 Å². The van der Waals surface area contributed by atoms with Gasteiger partial charge in [-0.3, -0.25) is 19.7 Å². The maximum absolute atomic E-state index is 13.6. The van der Waals surface area contributed by atoms with Crippen molar-refractivity contribution in [1.82, 2.24) is 14.9 Å². The van der Waals surface area contributed by atoms with Crippen LogP contribution in [0.15, 0.2) is 85.2 Å². The number of aryl methyl sites for hydroxylation is 1. The first-order valence-electron chi connectivity index (χ1n) is 13.8. The molecule has 1 unspecified atom stereocenters. The summed E-state index contributed by atoms with van der Waals surface area (Å²) >= 11 is 0. The van der Waals surface area contributed by atoms with Crippen LogP contribution in [0, 0.1) is 6.92 Å². The highest BCUT2D eigenvalue weighted by molar-refractivity contribution is 6.15. The van der Waals surface area contributed by atoms with Crippen LogP contribution in [0.5, 0.6) is 0 Å². The number of amides is 1. The average molecular weight is 514 g/mol. The number of pyridine rings is 2. The van der Waals surface area contributed by atoms with E-state index in [1.807, 2.05) is 61.8 Å². The summed E-state index contributed by atoms with van der Waals surface area (Å²) in [4.78, 5) is 28.0. The molecule has 194 valence electrons. The van der Waals surface area contributed by atoms with Gasteiger partial charge in [-0.15, -0.1) is 0 Å². The van der Waals surface area contributed by atoms with E-state index in [1.54, 1.807) is 0 Å². The second-order valence-electron chi connectivity index (χ2n) is 10.7. The summed E-state index contributed by atoms with van der Waals surface area (Å²) in [6.07, 6.45) is 6.34. The fraction of sp³-hybridized carbons (Fsp3) is 0.242. The predicted molar refractivity (Wildman–Crippen MR) is 158 cm³/mol. The number of carbonyl (C=O) groups is 1. The van der Waals surface area contributed by atoms with E-state index in [0.717, 1.165) is 63.8 Å². The standard InChI is InChI=1S/C33H31N5O/c1-22-10-12-30(35-20-22)27-8-2-7-26-25(27)6-3-9-28(26)33(39)36-23-11-13-31-29(19-23)32(14-15-34-31)38-18-17-37-16-4-5-24(37)21-38/h2-3,6-15,19-20,24H,4-5,16-18,21H2,1H3,(H,36,39). The molecule has 3 aromatic carbocycles. The molecule has 6 heteroatoms. The zero-order valence-corrected chi connectivity index (χ0v) is 22.1. The van der Waals surface area contributed by atoms with Crippen LogP contribution in [0.25, 0.3) is 32.9 Å². The van der Waals surface area contributed by atoms with Gasteiger partial charge >= 0.3 is 0 Å². The first kappa shape index (κ1) is 23.8. The van der Waals surface area contributed by atoms with Gasteiger partial charge in [-0.25, -0.2) is 0 Å². The molecule has 0 saturated carbocycles. The van der Waals surface area contributed by atoms with Gasteiger partial charge in [-0.05, 0) is 79.0 Å². The molecule has 4 heterocycles. The van der Waals surface area contributed by atoms with Gasteiger partial charge in [-0.2, -0.15) is 0 Å². The van der Waals surface area contributed by atoms with Gasteiger partial charge < -0.3 is 10.2 Å². The number of carbonyl (C=O) groups excluding carboxylic acids is 1. The molecule has 1 amide bonds. The highest BCUT2D eigenvalue weighted by atomic mass is 16.1. The molecular weight excluding hydrogens is 482 g/mol. The molecule has 39 heavy (non-hydrogen) atoms. The number of hydrogen-bond donors (Lipinski definition) is 1. The number of piperazine rings is 1. The first-order valence-corrected chi connectivity index (χ1v) is 13.8. The molecule has 6 nitrogen and oxygen atoms in total. The number of hydrogen-bond acceptors (Lipinski definition) is 5. The maximum Gasteiger partial charge on any atom is 0.256 e. The van der Waals surface area contributed by atoms with Gasteiger partial charge in [-0.1, -0.05) is 36.4 Å². The number of fused-ring (bicyclic) bond motifs is 3. The first-order chi connectivity index (χ1) is 19.1. The maximum atomic E-state index is 13.6. The van der Waals surface area contributed by atoms with Crippen molar-refractivity contribution in [3.63, 3.8) is 0 Å². The van der Waals surface area contributed by atoms with E-state index in [9.17, 15) is 4.79 Å². The number of nitrogens with zero attached hydrogens (tertiary/aromatic N) is 4. The van der Waals surface area contributed by atoms with Gasteiger partial charge in [0.1, 0.15) is 0 Å². The summed E-state index contributed by atoms with van der Waals surface area (Å²) in [6, 6.07) is 24.8. The minimum atomic E-state index is -0.126. The molecule has 7 rings (SSSR count). The highest BCUT2D eigenvalue weighted by Gasteiger charge is 2.31. The zero-order chi connectivity index (χ0) is 26.3. The van der Waals surface area contributed by atoms with E-state index in [2.05, 4.69) is 55.4 Å². The topological polar surface area (TPSA) is 61.4 Å². The minimum Gasteiger partial charge on any atom is -0.368 e. The predicted octanol–water partition coefficient (Wildman–Crippen LogP) is 6.30. The Morgan fingerprint density at radius 2 is 1.79 bits per heavy atom. The second kappa shape index (κ2) is 9.79. The third-order valence-corrected chi connectivity index (χ3v) is 8.26. The van der Waals surface area contributed by atoms with E-state index in [4.69, 9.17) is 0 Å². The van der Waals surface area contributed by atoms with Crippen LogP contribution >= 0.6 is 0 Å². The second-order valence-corrected chi connectivity index (χ2v) is 10.7. The molecule has 2 aromatic heterocycles. The molecule has 5 aromatic rings. The summed E-state index contributed by atoms with van der Waals surface area (Å²) in [7, 11) is 0. The van der Waals surface area contributed by atoms with Crippen LogP contribution in [0.2, 0.25) is 0 Å². The lowest BCUT2D eigenvalue weighted by Crippen LogP contribution is -2.50. The normalized spacial score (nSPS) is 17.5. The number of benzene rings is 3. The molecule has 2 fully saturated rings. The van der Waals surface area contributed by atoms with Crippen LogP contribution in [-0.4, -0.2) is 53.0 Å². The molecule has 2 saturated heterocycles. The number of nitrogens with one attached hydrogen (secondary N) is 1. The van der Waals surface area contributed by atoms with E-state index in [-0.39, 0.29) is 5.91 Å². The van der Waals surface area contributed by atoms with E-state index >= 15 is 0 Å². The highest BCUT2D eigenvalue weighted by Crippen LogP contribution is 2.33. The van der Waals surface area contributed by atoms with Crippen molar-refractivity contribution < 1.29 is 4.79 Å². The molecule has 2 aliphatic rings. The van der Waals surface area contributed by atoms with Crippen molar-refractivity contribution in [1.29, 1.82) is 0 Å². The average Bonchev–Trinajstić information content (AvgIpc) is 3.45. The Balaban J connectivity index is 1.20. The van der Waals surface area contributed by atoms with Crippen LogP contribution < -0.4 is 10.2 Å². The lowest BCUT2D eigenvalue weighted by molar-refractivity contribution is 0.102. The largest absolute Gasteiger partial charge is 0.368 e. The Labute approximate surface area is 228 Å². The summed E-state index contributed by atoms with van der Waals surface area (Å²) < 4.78 is 0. The monoisotopic (exact) mass is 513 g/mol. The van der Waals surface area contributed by atoms with Gasteiger partial charge in [0.25, 0.3) is 5.91 Å².